The third-order valence-electron chi connectivity index (χ3n) is 3.74. The van der Waals surface area contributed by atoms with Crippen molar-refractivity contribution in [3.05, 3.63) is 57.4 Å². The lowest BCUT2D eigenvalue weighted by Gasteiger charge is -2.23. The first-order chi connectivity index (χ1) is 9.66. The maximum Gasteiger partial charge on any atom is 0.255 e. The van der Waals surface area contributed by atoms with Crippen LogP contribution in [0.5, 0.6) is 0 Å². The Kier molecular flexibility index (Phi) is 3.83. The molecule has 2 aromatic rings. The Bertz CT molecular complexity index is 631. The highest BCUT2D eigenvalue weighted by atomic mass is 127. The van der Waals surface area contributed by atoms with Gasteiger partial charge in [-0.1, -0.05) is 12.1 Å². The Morgan fingerprint density at radius 2 is 2.05 bits per heavy atom. The molecule has 0 spiro atoms. The predicted octanol–water partition coefficient (Wildman–Crippen LogP) is 3.43. The number of hydrogen-bond donors (Lipinski definition) is 0. The van der Waals surface area contributed by atoms with Crippen molar-refractivity contribution in [3.8, 4) is 0 Å². The van der Waals surface area contributed by atoms with Gasteiger partial charge < -0.3 is 9.47 Å². The summed E-state index contributed by atoms with van der Waals surface area (Å²) in [5, 5.41) is 0. The number of rotatable bonds is 4. The standard InChI is InChI=1S/C16H17IN2O/c1-18-10-4-5-13(18)11-19(12-8-9-12)16(20)14-6-2-3-7-15(14)17/h2-7,10,12H,8-9,11H2,1H3. The number of aryl methyl sites for hydroxylation is 1. The van der Waals surface area contributed by atoms with Crippen molar-refractivity contribution in [2.45, 2.75) is 25.4 Å². The van der Waals surface area contributed by atoms with Crippen molar-refractivity contribution in [2.24, 2.45) is 7.05 Å². The van der Waals surface area contributed by atoms with E-state index < -0.39 is 0 Å². The molecule has 1 heterocycles. The molecule has 0 saturated heterocycles. The van der Waals surface area contributed by atoms with Crippen LogP contribution in [-0.4, -0.2) is 21.4 Å². The van der Waals surface area contributed by atoms with Gasteiger partial charge in [0.2, 0.25) is 0 Å². The van der Waals surface area contributed by atoms with E-state index in [1.807, 2.05) is 48.5 Å². The van der Waals surface area contributed by atoms with Crippen LogP contribution in [0.4, 0.5) is 0 Å². The van der Waals surface area contributed by atoms with E-state index in [9.17, 15) is 4.79 Å². The summed E-state index contributed by atoms with van der Waals surface area (Å²) in [5.74, 6) is 0.152. The van der Waals surface area contributed by atoms with E-state index in [1.54, 1.807) is 0 Å². The van der Waals surface area contributed by atoms with E-state index in [1.165, 1.54) is 5.69 Å². The van der Waals surface area contributed by atoms with Crippen molar-refractivity contribution in [1.29, 1.82) is 0 Å². The number of nitrogens with zero attached hydrogens (tertiary/aromatic N) is 2. The summed E-state index contributed by atoms with van der Waals surface area (Å²) < 4.78 is 3.10. The molecule has 1 aromatic carbocycles. The van der Waals surface area contributed by atoms with Gasteiger partial charge in [0.25, 0.3) is 5.91 Å². The van der Waals surface area contributed by atoms with Crippen LogP contribution >= 0.6 is 22.6 Å². The zero-order chi connectivity index (χ0) is 14.1. The highest BCUT2D eigenvalue weighted by molar-refractivity contribution is 14.1. The second-order valence-corrected chi connectivity index (χ2v) is 6.42. The summed E-state index contributed by atoms with van der Waals surface area (Å²) in [4.78, 5) is 14.8. The molecule has 3 nitrogen and oxygen atoms in total. The van der Waals surface area contributed by atoms with Gasteiger partial charge in [0.15, 0.2) is 0 Å². The minimum atomic E-state index is 0.152. The molecule has 1 aromatic heterocycles. The van der Waals surface area contributed by atoms with Crippen molar-refractivity contribution >= 4 is 28.5 Å². The molecule has 1 saturated carbocycles. The van der Waals surface area contributed by atoms with Gasteiger partial charge in [0, 0.05) is 28.6 Å². The number of carbonyl (C=O) groups excluding carboxylic acids is 1. The molecular formula is C16H17IN2O. The molecule has 1 fully saturated rings. The number of amides is 1. The fourth-order valence-electron chi connectivity index (χ4n) is 2.38. The Balaban J connectivity index is 1.86. The first-order valence-corrected chi connectivity index (χ1v) is 7.90. The second-order valence-electron chi connectivity index (χ2n) is 5.25. The average molecular weight is 380 g/mol. The van der Waals surface area contributed by atoms with Crippen LogP contribution in [0, 0.1) is 3.57 Å². The zero-order valence-corrected chi connectivity index (χ0v) is 13.6. The van der Waals surface area contributed by atoms with Crippen molar-refractivity contribution in [1.82, 2.24) is 9.47 Å². The topological polar surface area (TPSA) is 25.2 Å². The lowest BCUT2D eigenvalue weighted by molar-refractivity contribution is 0.0725. The van der Waals surface area contributed by atoms with Gasteiger partial charge in [-0.05, 0) is 59.7 Å². The van der Waals surface area contributed by atoms with E-state index in [-0.39, 0.29) is 5.91 Å². The fraction of sp³-hybridized carbons (Fsp3) is 0.312. The highest BCUT2D eigenvalue weighted by Crippen LogP contribution is 2.30. The first kappa shape index (κ1) is 13.7. The van der Waals surface area contributed by atoms with E-state index in [4.69, 9.17) is 0 Å². The summed E-state index contributed by atoms with van der Waals surface area (Å²) in [6.07, 6.45) is 4.27. The SMILES string of the molecule is Cn1cccc1CN(C(=O)c1ccccc1I)C1CC1. The van der Waals surface area contributed by atoms with Crippen LogP contribution < -0.4 is 0 Å². The Morgan fingerprint density at radius 3 is 2.65 bits per heavy atom. The zero-order valence-electron chi connectivity index (χ0n) is 11.4. The van der Waals surface area contributed by atoms with Gasteiger partial charge in [0.05, 0.1) is 12.1 Å². The molecular weight excluding hydrogens is 363 g/mol. The maximum absolute atomic E-state index is 12.8. The van der Waals surface area contributed by atoms with Crippen LogP contribution in [0.1, 0.15) is 28.9 Å². The third kappa shape index (κ3) is 2.75. The van der Waals surface area contributed by atoms with Gasteiger partial charge in [-0.25, -0.2) is 0 Å². The number of halogens is 1. The van der Waals surface area contributed by atoms with Gasteiger partial charge in [-0.2, -0.15) is 0 Å². The smallest absolute Gasteiger partial charge is 0.255 e. The monoisotopic (exact) mass is 380 g/mol. The lowest BCUT2D eigenvalue weighted by Crippen LogP contribution is -2.33. The third-order valence-corrected chi connectivity index (χ3v) is 4.68. The molecule has 1 amide bonds. The summed E-state index contributed by atoms with van der Waals surface area (Å²) in [7, 11) is 2.02. The fourth-order valence-corrected chi connectivity index (χ4v) is 3.00. The van der Waals surface area contributed by atoms with Crippen molar-refractivity contribution < 1.29 is 4.79 Å². The maximum atomic E-state index is 12.8. The minimum absolute atomic E-state index is 0.152. The van der Waals surface area contributed by atoms with Gasteiger partial charge >= 0.3 is 0 Å². The number of aromatic nitrogens is 1. The molecule has 0 atom stereocenters. The van der Waals surface area contributed by atoms with Gasteiger partial charge in [-0.15, -0.1) is 0 Å². The van der Waals surface area contributed by atoms with Crippen LogP contribution in [-0.2, 0) is 13.6 Å². The molecule has 4 heteroatoms. The van der Waals surface area contributed by atoms with Crippen molar-refractivity contribution in [3.63, 3.8) is 0 Å². The van der Waals surface area contributed by atoms with Gasteiger partial charge in [0.1, 0.15) is 0 Å². The number of carbonyl (C=O) groups is 1. The minimum Gasteiger partial charge on any atom is -0.353 e. The molecule has 0 aliphatic heterocycles. The Morgan fingerprint density at radius 1 is 1.30 bits per heavy atom. The van der Waals surface area contributed by atoms with E-state index in [0.29, 0.717) is 12.6 Å². The molecule has 1 aliphatic carbocycles. The second kappa shape index (κ2) is 5.60. The largest absolute Gasteiger partial charge is 0.353 e. The first-order valence-electron chi connectivity index (χ1n) is 6.82. The molecule has 0 radical (unpaired) electrons. The van der Waals surface area contributed by atoms with E-state index in [0.717, 1.165) is 22.0 Å². The number of hydrogen-bond acceptors (Lipinski definition) is 1. The lowest BCUT2D eigenvalue weighted by atomic mass is 10.2. The molecule has 20 heavy (non-hydrogen) atoms. The van der Waals surface area contributed by atoms with Crippen molar-refractivity contribution in [2.75, 3.05) is 0 Å². The molecule has 0 N–H and O–H groups in total. The van der Waals surface area contributed by atoms with Crippen LogP contribution in [0.25, 0.3) is 0 Å². The summed E-state index contributed by atoms with van der Waals surface area (Å²) in [6.45, 7) is 0.692. The molecule has 0 bridgehead atoms. The quantitative estimate of drug-likeness (QED) is 0.747. The average Bonchev–Trinajstić information content (AvgIpc) is 3.20. The van der Waals surface area contributed by atoms with E-state index in [2.05, 4.69) is 33.2 Å². The number of benzene rings is 1. The Hall–Kier alpha value is -1.30. The summed E-state index contributed by atoms with van der Waals surface area (Å²) >= 11 is 2.24. The molecule has 0 unspecified atom stereocenters. The van der Waals surface area contributed by atoms with Gasteiger partial charge in [-0.3, -0.25) is 4.79 Å². The normalized spacial score (nSPS) is 14.3. The highest BCUT2D eigenvalue weighted by Gasteiger charge is 2.33. The van der Waals surface area contributed by atoms with Crippen LogP contribution in [0.2, 0.25) is 0 Å². The molecule has 1 aliphatic rings. The Labute approximate surface area is 132 Å². The molecule has 3 rings (SSSR count). The van der Waals surface area contributed by atoms with E-state index >= 15 is 0 Å². The summed E-state index contributed by atoms with van der Waals surface area (Å²) in [6, 6.07) is 12.3. The van der Waals surface area contributed by atoms with Crippen LogP contribution in [0.15, 0.2) is 42.6 Å². The summed E-state index contributed by atoms with van der Waals surface area (Å²) in [5.41, 5.74) is 1.99. The predicted molar refractivity (Wildman–Crippen MR) is 87.5 cm³/mol. The van der Waals surface area contributed by atoms with Crippen LogP contribution in [0.3, 0.4) is 0 Å². The molecule has 104 valence electrons.